The van der Waals surface area contributed by atoms with Crippen LogP contribution < -0.4 is 0 Å². The Kier molecular flexibility index (Phi) is 3.29. The lowest BCUT2D eigenvalue weighted by molar-refractivity contribution is 0.871. The standard InChI is InChI=1S/C6H14Cl2Si2/c1-2-3-4-9-5-10(7,8)6-9/h9H,2-6H2,1H3. The molecule has 0 atom stereocenters. The average molecular weight is 213 g/mol. The predicted molar refractivity (Wildman–Crippen MR) is 53.9 cm³/mol. The number of rotatable bonds is 3. The van der Waals surface area contributed by atoms with Crippen molar-refractivity contribution in [1.29, 1.82) is 0 Å². The number of halogens is 2. The van der Waals surface area contributed by atoms with E-state index in [0.29, 0.717) is 0 Å². The summed E-state index contributed by atoms with van der Waals surface area (Å²) in [6.45, 7) is 0.692. The van der Waals surface area contributed by atoms with Crippen molar-refractivity contribution in [3.8, 4) is 0 Å². The summed E-state index contributed by atoms with van der Waals surface area (Å²) in [7, 11) is -0.346. The summed E-state index contributed by atoms with van der Waals surface area (Å²) < 4.78 is 0. The number of unbranched alkanes of at least 4 members (excludes halogenated alkanes) is 1. The van der Waals surface area contributed by atoms with Gasteiger partial charge in [-0.3, -0.25) is 0 Å². The zero-order valence-electron chi connectivity index (χ0n) is 6.37. The molecule has 10 heavy (non-hydrogen) atoms. The summed E-state index contributed by atoms with van der Waals surface area (Å²) in [4.78, 5) is 0. The van der Waals surface area contributed by atoms with Gasteiger partial charge in [0.15, 0.2) is 0 Å². The molecule has 0 amide bonds. The monoisotopic (exact) mass is 212 g/mol. The Labute approximate surface area is 74.9 Å². The van der Waals surface area contributed by atoms with Crippen molar-refractivity contribution in [2.24, 2.45) is 0 Å². The first kappa shape index (κ1) is 9.10. The van der Waals surface area contributed by atoms with Crippen molar-refractivity contribution < 1.29 is 0 Å². The van der Waals surface area contributed by atoms with Crippen molar-refractivity contribution in [3.05, 3.63) is 0 Å². The Morgan fingerprint density at radius 2 is 2.00 bits per heavy atom. The highest BCUT2D eigenvalue weighted by atomic mass is 35.7. The van der Waals surface area contributed by atoms with Gasteiger partial charge in [-0.2, -0.15) is 0 Å². The maximum absolute atomic E-state index is 6.02. The maximum Gasteiger partial charge on any atom is 0.245 e. The fraction of sp³-hybridized carbons (Fsp3) is 1.00. The van der Waals surface area contributed by atoms with Crippen LogP contribution in [0.15, 0.2) is 0 Å². The van der Waals surface area contributed by atoms with E-state index in [9.17, 15) is 0 Å². The zero-order valence-corrected chi connectivity index (χ0v) is 10.0. The van der Waals surface area contributed by atoms with Crippen LogP contribution in [0.4, 0.5) is 0 Å². The lowest BCUT2D eigenvalue weighted by atomic mass is 10.4. The molecule has 4 heteroatoms. The molecule has 0 aromatic carbocycles. The second-order valence-corrected chi connectivity index (χ2v) is 15.5. The molecule has 1 rings (SSSR count). The van der Waals surface area contributed by atoms with Crippen molar-refractivity contribution in [2.75, 3.05) is 0 Å². The molecule has 0 radical (unpaired) electrons. The normalized spacial score (nSPS) is 24.3. The number of hydrogen-bond acceptors (Lipinski definition) is 0. The van der Waals surface area contributed by atoms with Crippen LogP contribution in [-0.4, -0.2) is 15.5 Å². The van der Waals surface area contributed by atoms with Gasteiger partial charge < -0.3 is 0 Å². The van der Waals surface area contributed by atoms with Gasteiger partial charge in [0.25, 0.3) is 0 Å². The number of hydrogen-bond donors (Lipinski definition) is 0. The summed E-state index contributed by atoms with van der Waals surface area (Å²) in [5.41, 5.74) is 2.58. The first-order valence-corrected chi connectivity index (χ1v) is 10.9. The highest BCUT2D eigenvalue weighted by Crippen LogP contribution is 2.40. The SMILES string of the molecule is CCCC[SiH]1C[Si](Cl)(Cl)C1. The molecule has 1 heterocycles. The molecule has 0 N–H and O–H groups in total. The molecule has 1 aliphatic heterocycles. The van der Waals surface area contributed by atoms with E-state index in [0.717, 1.165) is 0 Å². The van der Waals surface area contributed by atoms with Crippen LogP contribution in [0, 0.1) is 0 Å². The third kappa shape index (κ3) is 2.57. The summed E-state index contributed by atoms with van der Waals surface area (Å²) in [6, 6.07) is 1.49. The molecule has 0 bridgehead atoms. The van der Waals surface area contributed by atoms with Gasteiger partial charge in [0.1, 0.15) is 0 Å². The molecule has 0 aliphatic carbocycles. The van der Waals surface area contributed by atoms with Crippen LogP contribution in [0.25, 0.3) is 0 Å². The largest absolute Gasteiger partial charge is 0.245 e. The van der Waals surface area contributed by atoms with Gasteiger partial charge in [-0.25, -0.2) is 0 Å². The van der Waals surface area contributed by atoms with E-state index < -0.39 is 6.69 Å². The Hall–Kier alpha value is 1.01. The third-order valence-corrected chi connectivity index (χ3v) is 18.3. The fourth-order valence-electron chi connectivity index (χ4n) is 1.48. The zero-order chi connectivity index (χ0) is 7.61. The summed E-state index contributed by atoms with van der Waals surface area (Å²) in [5, 5.41) is 0. The Morgan fingerprint density at radius 3 is 2.40 bits per heavy atom. The van der Waals surface area contributed by atoms with Gasteiger partial charge in [0.2, 0.25) is 6.69 Å². The van der Waals surface area contributed by atoms with E-state index in [-0.39, 0.29) is 8.80 Å². The molecule has 0 nitrogen and oxygen atoms in total. The summed E-state index contributed by atoms with van der Waals surface area (Å²) >= 11 is 12.0. The minimum absolute atomic E-state index is 0.346. The fourth-order valence-corrected chi connectivity index (χ4v) is 18.2. The first-order valence-electron chi connectivity index (χ1n) is 4.02. The van der Waals surface area contributed by atoms with Crippen LogP contribution in [0.2, 0.25) is 17.4 Å². The van der Waals surface area contributed by atoms with Crippen molar-refractivity contribution >= 4 is 37.6 Å². The van der Waals surface area contributed by atoms with Gasteiger partial charge in [-0.15, -0.1) is 22.2 Å². The van der Waals surface area contributed by atoms with Crippen molar-refractivity contribution in [2.45, 2.75) is 37.1 Å². The molecule has 0 aromatic heterocycles. The molecule has 60 valence electrons. The van der Waals surface area contributed by atoms with E-state index in [1.807, 2.05) is 0 Å². The molecule has 1 saturated heterocycles. The smallest absolute Gasteiger partial charge is 0.146 e. The molecular formula is C6H14Cl2Si2. The van der Waals surface area contributed by atoms with Gasteiger partial charge in [-0.1, -0.05) is 25.8 Å². The summed E-state index contributed by atoms with van der Waals surface area (Å²) in [5.74, 6) is 0. The predicted octanol–water partition coefficient (Wildman–Crippen LogP) is 3.03. The molecule has 0 saturated carbocycles. The lowest BCUT2D eigenvalue weighted by Crippen LogP contribution is -2.44. The Balaban J connectivity index is 2.03. The van der Waals surface area contributed by atoms with Gasteiger partial charge >= 0.3 is 0 Å². The van der Waals surface area contributed by atoms with E-state index in [2.05, 4.69) is 6.92 Å². The van der Waals surface area contributed by atoms with Gasteiger partial charge in [0.05, 0.1) is 0 Å². The van der Waals surface area contributed by atoms with Gasteiger partial charge in [0, 0.05) is 8.80 Å². The molecule has 1 aliphatic rings. The Bertz CT molecular complexity index is 108. The van der Waals surface area contributed by atoms with Crippen molar-refractivity contribution in [3.63, 3.8) is 0 Å². The van der Waals surface area contributed by atoms with Crippen molar-refractivity contribution in [1.82, 2.24) is 0 Å². The Morgan fingerprint density at radius 1 is 1.40 bits per heavy atom. The second-order valence-electron chi connectivity index (χ2n) is 3.27. The van der Waals surface area contributed by atoms with Crippen LogP contribution >= 0.6 is 22.2 Å². The van der Waals surface area contributed by atoms with E-state index in [1.54, 1.807) is 0 Å². The first-order chi connectivity index (χ1) is 4.64. The second kappa shape index (κ2) is 3.61. The van der Waals surface area contributed by atoms with Crippen LogP contribution in [0.5, 0.6) is 0 Å². The van der Waals surface area contributed by atoms with Crippen LogP contribution in [0.3, 0.4) is 0 Å². The molecular weight excluding hydrogens is 199 g/mol. The molecule has 0 spiro atoms. The van der Waals surface area contributed by atoms with E-state index >= 15 is 0 Å². The van der Waals surface area contributed by atoms with Crippen LogP contribution in [0.1, 0.15) is 19.8 Å². The summed E-state index contributed by atoms with van der Waals surface area (Å²) in [6.07, 6.45) is 2.75. The molecule has 1 fully saturated rings. The highest BCUT2D eigenvalue weighted by molar-refractivity contribution is 7.52. The minimum Gasteiger partial charge on any atom is -0.146 e. The molecule has 0 aromatic rings. The van der Waals surface area contributed by atoms with E-state index in [1.165, 1.54) is 30.2 Å². The lowest BCUT2D eigenvalue weighted by Gasteiger charge is -2.34. The minimum atomic E-state index is -1.56. The highest BCUT2D eigenvalue weighted by Gasteiger charge is 2.44. The van der Waals surface area contributed by atoms with E-state index in [4.69, 9.17) is 22.2 Å². The van der Waals surface area contributed by atoms with Crippen LogP contribution in [-0.2, 0) is 0 Å². The third-order valence-electron chi connectivity index (χ3n) is 2.14. The average Bonchev–Trinajstić information content (AvgIpc) is 1.78. The maximum atomic E-state index is 6.02. The van der Waals surface area contributed by atoms with Gasteiger partial charge in [-0.05, 0) is 11.3 Å². The molecule has 0 unspecified atom stereocenters. The topological polar surface area (TPSA) is 0 Å². The quantitative estimate of drug-likeness (QED) is 0.499.